The molecule has 0 bridgehead atoms. The highest BCUT2D eigenvalue weighted by molar-refractivity contribution is 5.91. The van der Waals surface area contributed by atoms with Gasteiger partial charge in [-0.3, -0.25) is 0 Å². The van der Waals surface area contributed by atoms with Gasteiger partial charge in [0.1, 0.15) is 0 Å². The molecule has 108 valence electrons. The maximum Gasteiger partial charge on any atom is -0.0146 e. The fraction of sp³-hybridized carbons (Fsp3) is 0.500. The van der Waals surface area contributed by atoms with E-state index in [1.807, 2.05) is 0 Å². The zero-order chi connectivity index (χ0) is 14.9. The summed E-state index contributed by atoms with van der Waals surface area (Å²) < 4.78 is 0. The molecule has 0 heterocycles. The Hall–Kier alpha value is -1.30. The van der Waals surface area contributed by atoms with E-state index in [4.69, 9.17) is 0 Å². The molecule has 0 amide bonds. The Kier molecular flexibility index (Phi) is 4.52. The third kappa shape index (κ3) is 2.90. The second-order valence-electron chi connectivity index (χ2n) is 6.95. The average molecular weight is 268 g/mol. The Morgan fingerprint density at radius 2 is 1.20 bits per heavy atom. The Morgan fingerprint density at radius 1 is 0.700 bits per heavy atom. The van der Waals surface area contributed by atoms with Crippen LogP contribution in [0.4, 0.5) is 0 Å². The molecule has 0 aromatic heterocycles. The predicted octanol–water partition coefficient (Wildman–Crippen LogP) is 5.85. The summed E-state index contributed by atoms with van der Waals surface area (Å²) in [6.45, 7) is 13.9. The van der Waals surface area contributed by atoms with E-state index < -0.39 is 0 Å². The van der Waals surface area contributed by atoms with E-state index >= 15 is 0 Å². The zero-order valence-electron chi connectivity index (χ0n) is 13.9. The Labute approximate surface area is 124 Å². The van der Waals surface area contributed by atoms with E-state index in [9.17, 15) is 0 Å². The van der Waals surface area contributed by atoms with Crippen LogP contribution in [-0.4, -0.2) is 0 Å². The van der Waals surface area contributed by atoms with Gasteiger partial charge in [0.2, 0.25) is 0 Å². The van der Waals surface area contributed by atoms with Crippen molar-refractivity contribution in [2.45, 2.75) is 54.4 Å². The minimum Gasteiger partial charge on any atom is -0.0625 e. The van der Waals surface area contributed by atoms with Gasteiger partial charge in [0.25, 0.3) is 0 Å². The van der Waals surface area contributed by atoms with Crippen molar-refractivity contribution in [2.75, 3.05) is 0 Å². The fourth-order valence-corrected chi connectivity index (χ4v) is 3.22. The van der Waals surface area contributed by atoms with Crippen molar-refractivity contribution in [3.63, 3.8) is 0 Å². The minimum absolute atomic E-state index is 0.700. The SMILES string of the molecule is Cc1c(CC(C)C)c(CC(C)C)c2ccccc2c1C. The lowest BCUT2D eigenvalue weighted by Crippen LogP contribution is -2.08. The molecule has 0 nitrogen and oxygen atoms in total. The summed E-state index contributed by atoms with van der Waals surface area (Å²) in [5, 5.41) is 2.91. The molecule has 2 rings (SSSR count). The van der Waals surface area contributed by atoms with Gasteiger partial charge in [0, 0.05) is 0 Å². The first kappa shape index (κ1) is 15.1. The lowest BCUT2D eigenvalue weighted by molar-refractivity contribution is 0.616. The Balaban J connectivity index is 2.76. The third-order valence-corrected chi connectivity index (χ3v) is 4.26. The molecular weight excluding hydrogens is 240 g/mol. The summed E-state index contributed by atoms with van der Waals surface area (Å²) in [6.07, 6.45) is 2.38. The van der Waals surface area contributed by atoms with E-state index in [-0.39, 0.29) is 0 Å². The standard InChI is InChI=1S/C20H28/c1-13(2)11-19-16(6)15(5)17-9-7-8-10-18(17)20(19)12-14(3)4/h7-10,13-14H,11-12H2,1-6H3. The Bertz CT molecular complexity index is 603. The maximum atomic E-state index is 2.32. The quantitative estimate of drug-likeness (QED) is 0.652. The van der Waals surface area contributed by atoms with Crippen LogP contribution in [0.3, 0.4) is 0 Å². The monoisotopic (exact) mass is 268 g/mol. The average Bonchev–Trinajstić information content (AvgIpc) is 2.39. The largest absolute Gasteiger partial charge is 0.0625 e. The number of fused-ring (bicyclic) bond motifs is 1. The summed E-state index contributed by atoms with van der Waals surface area (Å²) in [5.41, 5.74) is 6.16. The van der Waals surface area contributed by atoms with E-state index in [1.165, 1.54) is 34.7 Å². The topological polar surface area (TPSA) is 0 Å². The van der Waals surface area contributed by atoms with E-state index in [1.54, 1.807) is 11.1 Å². The molecule has 0 saturated carbocycles. The van der Waals surface area contributed by atoms with E-state index in [0.29, 0.717) is 11.8 Å². The van der Waals surface area contributed by atoms with Gasteiger partial charge in [0.15, 0.2) is 0 Å². The highest BCUT2D eigenvalue weighted by Gasteiger charge is 2.16. The number of hydrogen-bond donors (Lipinski definition) is 0. The third-order valence-electron chi connectivity index (χ3n) is 4.26. The molecule has 2 aromatic rings. The molecule has 0 radical (unpaired) electrons. The fourth-order valence-electron chi connectivity index (χ4n) is 3.22. The first-order valence-electron chi connectivity index (χ1n) is 7.91. The van der Waals surface area contributed by atoms with Gasteiger partial charge in [-0.2, -0.15) is 0 Å². The first-order valence-corrected chi connectivity index (χ1v) is 7.91. The molecule has 0 heteroatoms. The van der Waals surface area contributed by atoms with Crippen LogP contribution >= 0.6 is 0 Å². The van der Waals surface area contributed by atoms with Gasteiger partial charge in [-0.1, -0.05) is 52.0 Å². The van der Waals surface area contributed by atoms with Crippen molar-refractivity contribution in [1.82, 2.24) is 0 Å². The van der Waals surface area contributed by atoms with E-state index in [2.05, 4.69) is 65.8 Å². The van der Waals surface area contributed by atoms with Crippen LogP contribution in [0.15, 0.2) is 24.3 Å². The van der Waals surface area contributed by atoms with Crippen molar-refractivity contribution >= 4 is 10.8 Å². The van der Waals surface area contributed by atoms with Crippen LogP contribution < -0.4 is 0 Å². The lowest BCUT2D eigenvalue weighted by atomic mass is 9.83. The second-order valence-corrected chi connectivity index (χ2v) is 6.95. The van der Waals surface area contributed by atoms with Crippen LogP contribution in [0.2, 0.25) is 0 Å². The van der Waals surface area contributed by atoms with Crippen molar-refractivity contribution in [3.05, 3.63) is 46.5 Å². The summed E-state index contributed by atoms with van der Waals surface area (Å²) in [6, 6.07) is 8.93. The van der Waals surface area contributed by atoms with Crippen LogP contribution in [-0.2, 0) is 12.8 Å². The second kappa shape index (κ2) is 5.99. The van der Waals surface area contributed by atoms with Crippen molar-refractivity contribution < 1.29 is 0 Å². The normalized spacial score (nSPS) is 11.8. The highest BCUT2D eigenvalue weighted by atomic mass is 14.2. The molecule has 0 aliphatic heterocycles. The zero-order valence-corrected chi connectivity index (χ0v) is 13.9. The summed E-state index contributed by atoms with van der Waals surface area (Å²) in [7, 11) is 0. The number of benzene rings is 2. The number of aryl methyl sites for hydroxylation is 1. The molecule has 2 aromatic carbocycles. The molecule has 0 fully saturated rings. The predicted molar refractivity (Wildman–Crippen MR) is 90.5 cm³/mol. The Morgan fingerprint density at radius 3 is 1.75 bits per heavy atom. The molecule has 0 saturated heterocycles. The molecule has 0 spiro atoms. The summed E-state index contributed by atoms with van der Waals surface area (Å²) >= 11 is 0. The van der Waals surface area contributed by atoms with Gasteiger partial charge in [-0.25, -0.2) is 0 Å². The molecule has 20 heavy (non-hydrogen) atoms. The molecule has 0 unspecified atom stereocenters. The van der Waals surface area contributed by atoms with Crippen LogP contribution in [0.25, 0.3) is 10.8 Å². The maximum absolute atomic E-state index is 2.32. The van der Waals surface area contributed by atoms with Crippen molar-refractivity contribution in [2.24, 2.45) is 11.8 Å². The molecular formula is C20H28. The lowest BCUT2D eigenvalue weighted by Gasteiger charge is -2.21. The number of hydrogen-bond acceptors (Lipinski definition) is 0. The van der Waals surface area contributed by atoms with Crippen molar-refractivity contribution in [1.29, 1.82) is 0 Å². The molecule has 0 N–H and O–H groups in total. The van der Waals surface area contributed by atoms with Gasteiger partial charge in [-0.05, 0) is 71.6 Å². The smallest absolute Gasteiger partial charge is 0.0146 e. The van der Waals surface area contributed by atoms with Crippen molar-refractivity contribution in [3.8, 4) is 0 Å². The highest BCUT2D eigenvalue weighted by Crippen LogP contribution is 2.33. The first-order chi connectivity index (χ1) is 9.41. The minimum atomic E-state index is 0.700. The summed E-state index contributed by atoms with van der Waals surface area (Å²) in [5.74, 6) is 1.41. The van der Waals surface area contributed by atoms with Crippen LogP contribution in [0, 0.1) is 25.7 Å². The van der Waals surface area contributed by atoms with Gasteiger partial charge < -0.3 is 0 Å². The molecule has 0 aliphatic carbocycles. The molecule has 0 atom stereocenters. The van der Waals surface area contributed by atoms with Gasteiger partial charge >= 0.3 is 0 Å². The van der Waals surface area contributed by atoms with E-state index in [0.717, 1.165) is 0 Å². The van der Waals surface area contributed by atoms with Crippen LogP contribution in [0.1, 0.15) is 49.9 Å². The van der Waals surface area contributed by atoms with Crippen LogP contribution in [0.5, 0.6) is 0 Å². The van der Waals surface area contributed by atoms with Gasteiger partial charge in [0.05, 0.1) is 0 Å². The summed E-state index contributed by atoms with van der Waals surface area (Å²) in [4.78, 5) is 0. The number of rotatable bonds is 4. The molecule has 0 aliphatic rings. The van der Waals surface area contributed by atoms with Gasteiger partial charge in [-0.15, -0.1) is 0 Å².